The van der Waals surface area contributed by atoms with Crippen molar-refractivity contribution in [2.45, 2.75) is 0 Å². The highest BCUT2D eigenvalue weighted by Gasteiger charge is 2.10. The number of alkyl halides is 1. The van der Waals surface area contributed by atoms with E-state index < -0.39 is 0 Å². The van der Waals surface area contributed by atoms with Crippen molar-refractivity contribution in [3.05, 3.63) is 42.0 Å². The number of nitrogens with zero attached hydrogens (tertiary/aromatic N) is 1. The van der Waals surface area contributed by atoms with Gasteiger partial charge in [0.05, 0.1) is 32.5 Å². The molecule has 3 heteroatoms. The second-order valence-corrected chi connectivity index (χ2v) is 5.14. The first kappa shape index (κ1) is 15.9. The molecule has 0 unspecified atom stereocenters. The Balaban J connectivity index is 0.00000225. The molecule has 1 aromatic carbocycles. The highest BCUT2D eigenvalue weighted by Crippen LogP contribution is 2.03. The van der Waals surface area contributed by atoms with Gasteiger partial charge in [0.2, 0.25) is 0 Å². The number of benzene rings is 1. The van der Waals surface area contributed by atoms with Crippen LogP contribution in [0.4, 0.5) is 0 Å². The number of quaternary nitrogens is 1. The van der Waals surface area contributed by atoms with Crippen LogP contribution in [0, 0.1) is 0 Å². The Bertz CT molecular complexity index is 307. The lowest BCUT2D eigenvalue weighted by atomic mass is 10.2. The van der Waals surface area contributed by atoms with Gasteiger partial charge in [-0.05, 0) is 11.6 Å². The number of halogens is 2. The van der Waals surface area contributed by atoms with Crippen LogP contribution in [0.3, 0.4) is 0 Å². The highest BCUT2D eigenvalue weighted by molar-refractivity contribution is 9.09. The summed E-state index contributed by atoms with van der Waals surface area (Å²) in [6.07, 6.45) is 4.44. The van der Waals surface area contributed by atoms with Crippen LogP contribution >= 0.6 is 15.9 Å². The third-order valence-corrected chi connectivity index (χ3v) is 2.75. The Morgan fingerprint density at radius 3 is 2.38 bits per heavy atom. The van der Waals surface area contributed by atoms with Crippen LogP contribution < -0.4 is 17.0 Å². The molecular formula is C13H19Br2N. The van der Waals surface area contributed by atoms with Crippen LogP contribution in [0.2, 0.25) is 0 Å². The standard InChI is InChI=1S/C13H19BrN.BrH/c1-15(2,12-10-14)11-6-9-13-7-4-3-5-8-13;/h3-9H,10-12H2,1-2H3;1H/q+1;/p-1/b9-6+;. The zero-order chi connectivity index (χ0) is 11.1. The van der Waals surface area contributed by atoms with Gasteiger partial charge in [0, 0.05) is 0 Å². The van der Waals surface area contributed by atoms with E-state index in [1.807, 2.05) is 6.07 Å². The summed E-state index contributed by atoms with van der Waals surface area (Å²) in [7, 11) is 4.49. The van der Waals surface area contributed by atoms with Crippen LogP contribution in [-0.2, 0) is 0 Å². The Kier molecular flexibility index (Phi) is 7.98. The van der Waals surface area contributed by atoms with E-state index >= 15 is 0 Å². The maximum Gasteiger partial charge on any atom is 0.0973 e. The molecule has 0 aliphatic heterocycles. The van der Waals surface area contributed by atoms with Gasteiger partial charge in [0.1, 0.15) is 0 Å². The summed E-state index contributed by atoms with van der Waals surface area (Å²) in [4.78, 5) is 0. The van der Waals surface area contributed by atoms with Gasteiger partial charge in [-0.25, -0.2) is 0 Å². The van der Waals surface area contributed by atoms with Gasteiger partial charge in [-0.3, -0.25) is 0 Å². The molecule has 0 saturated carbocycles. The minimum Gasteiger partial charge on any atom is -1.00 e. The summed E-state index contributed by atoms with van der Waals surface area (Å²) in [5.41, 5.74) is 1.27. The molecule has 1 aromatic rings. The fourth-order valence-electron chi connectivity index (χ4n) is 1.36. The Morgan fingerprint density at radius 1 is 1.19 bits per heavy atom. The Labute approximate surface area is 118 Å². The lowest BCUT2D eigenvalue weighted by Gasteiger charge is -2.27. The molecule has 0 aliphatic rings. The maximum absolute atomic E-state index is 3.48. The van der Waals surface area contributed by atoms with Crippen molar-refractivity contribution in [1.82, 2.24) is 0 Å². The topological polar surface area (TPSA) is 0 Å². The van der Waals surface area contributed by atoms with Crippen LogP contribution in [-0.4, -0.2) is 37.0 Å². The van der Waals surface area contributed by atoms with Crippen LogP contribution in [0.5, 0.6) is 0 Å². The largest absolute Gasteiger partial charge is 1.00 e. The minimum atomic E-state index is 0. The SMILES string of the molecule is C[N+](C)(C/C=C/c1ccccc1)CCBr.[Br-]. The molecule has 0 spiro atoms. The molecule has 0 aromatic heterocycles. The molecule has 1 nitrogen and oxygen atoms in total. The third kappa shape index (κ3) is 6.46. The smallest absolute Gasteiger partial charge is 0.0973 e. The molecule has 0 amide bonds. The van der Waals surface area contributed by atoms with E-state index in [1.54, 1.807) is 0 Å². The van der Waals surface area contributed by atoms with E-state index in [2.05, 4.69) is 66.4 Å². The van der Waals surface area contributed by atoms with Gasteiger partial charge in [-0.1, -0.05) is 52.3 Å². The zero-order valence-electron chi connectivity index (χ0n) is 9.87. The second-order valence-electron chi connectivity index (χ2n) is 4.34. The quantitative estimate of drug-likeness (QED) is 0.526. The first-order valence-corrected chi connectivity index (χ1v) is 6.36. The monoisotopic (exact) mass is 347 g/mol. The molecular weight excluding hydrogens is 330 g/mol. The van der Waals surface area contributed by atoms with E-state index in [9.17, 15) is 0 Å². The Hall–Kier alpha value is -0.120. The Morgan fingerprint density at radius 2 is 1.81 bits per heavy atom. The fourth-order valence-corrected chi connectivity index (χ4v) is 2.32. The van der Waals surface area contributed by atoms with Crippen molar-refractivity contribution >= 4 is 22.0 Å². The van der Waals surface area contributed by atoms with Gasteiger partial charge >= 0.3 is 0 Å². The lowest BCUT2D eigenvalue weighted by molar-refractivity contribution is -0.881. The predicted molar refractivity (Wildman–Crippen MR) is 71.1 cm³/mol. The number of rotatable bonds is 5. The molecule has 0 aliphatic carbocycles. The molecule has 0 radical (unpaired) electrons. The van der Waals surface area contributed by atoms with E-state index in [-0.39, 0.29) is 17.0 Å². The van der Waals surface area contributed by atoms with Crippen molar-refractivity contribution in [1.29, 1.82) is 0 Å². The average molecular weight is 349 g/mol. The zero-order valence-corrected chi connectivity index (χ0v) is 13.0. The van der Waals surface area contributed by atoms with Crippen molar-refractivity contribution in [3.8, 4) is 0 Å². The van der Waals surface area contributed by atoms with Gasteiger partial charge in [0.15, 0.2) is 0 Å². The average Bonchev–Trinajstić information content (AvgIpc) is 2.19. The van der Waals surface area contributed by atoms with Crippen LogP contribution in [0.1, 0.15) is 5.56 Å². The van der Waals surface area contributed by atoms with Crippen molar-refractivity contribution in [2.75, 3.05) is 32.5 Å². The molecule has 0 atom stereocenters. The van der Waals surface area contributed by atoms with Gasteiger partial charge in [0.25, 0.3) is 0 Å². The number of likely N-dealkylation sites (N-methyl/N-ethyl adjacent to an activating group) is 1. The lowest BCUT2D eigenvalue weighted by Crippen LogP contribution is -3.00. The van der Waals surface area contributed by atoms with Crippen LogP contribution in [0.15, 0.2) is 36.4 Å². The van der Waals surface area contributed by atoms with Crippen LogP contribution in [0.25, 0.3) is 6.08 Å². The first-order chi connectivity index (χ1) is 7.14. The molecule has 0 heterocycles. The number of hydrogen-bond donors (Lipinski definition) is 0. The summed E-state index contributed by atoms with van der Waals surface area (Å²) in [5.74, 6) is 0. The first-order valence-electron chi connectivity index (χ1n) is 5.24. The third-order valence-electron chi connectivity index (χ3n) is 2.40. The molecule has 0 fully saturated rings. The molecule has 16 heavy (non-hydrogen) atoms. The van der Waals surface area contributed by atoms with E-state index in [0.717, 1.165) is 22.9 Å². The fraction of sp³-hybridized carbons (Fsp3) is 0.385. The maximum atomic E-state index is 3.48. The van der Waals surface area contributed by atoms with Crippen molar-refractivity contribution in [3.63, 3.8) is 0 Å². The van der Waals surface area contributed by atoms with E-state index in [1.165, 1.54) is 5.56 Å². The van der Waals surface area contributed by atoms with Crippen molar-refractivity contribution < 1.29 is 21.5 Å². The molecule has 0 N–H and O–H groups in total. The summed E-state index contributed by atoms with van der Waals surface area (Å²) in [6, 6.07) is 10.4. The summed E-state index contributed by atoms with van der Waals surface area (Å²) < 4.78 is 1.02. The molecule has 0 bridgehead atoms. The number of hydrogen-bond acceptors (Lipinski definition) is 0. The summed E-state index contributed by atoms with van der Waals surface area (Å²) in [5, 5.41) is 1.05. The predicted octanol–water partition coefficient (Wildman–Crippen LogP) is 0.175. The second kappa shape index (κ2) is 8.04. The summed E-state index contributed by atoms with van der Waals surface area (Å²) >= 11 is 3.48. The van der Waals surface area contributed by atoms with Gasteiger partial charge < -0.3 is 21.5 Å². The molecule has 0 saturated heterocycles. The van der Waals surface area contributed by atoms with Gasteiger partial charge in [-0.2, -0.15) is 0 Å². The van der Waals surface area contributed by atoms with E-state index in [4.69, 9.17) is 0 Å². The minimum absolute atomic E-state index is 0. The normalized spacial score (nSPS) is 11.4. The summed E-state index contributed by atoms with van der Waals surface area (Å²) in [6.45, 7) is 2.22. The van der Waals surface area contributed by atoms with Crippen molar-refractivity contribution in [2.24, 2.45) is 0 Å². The highest BCUT2D eigenvalue weighted by atomic mass is 79.9. The molecule has 1 rings (SSSR count). The van der Waals surface area contributed by atoms with E-state index in [0.29, 0.717) is 0 Å². The molecule has 90 valence electrons. The van der Waals surface area contributed by atoms with Gasteiger partial charge in [-0.15, -0.1) is 0 Å².